The van der Waals surface area contributed by atoms with Crippen molar-refractivity contribution in [1.29, 1.82) is 0 Å². The number of nitrogens with zero attached hydrogens (tertiary/aromatic N) is 1. The second-order valence-electron chi connectivity index (χ2n) is 4.46. The van der Waals surface area contributed by atoms with Crippen LogP contribution in [0.5, 0.6) is 5.75 Å². The maximum Gasteiger partial charge on any atom is 0.277 e. The average molecular weight is 323 g/mol. The predicted octanol–water partition coefficient (Wildman–Crippen LogP) is 3.55. The van der Waals surface area contributed by atoms with Crippen molar-refractivity contribution in [3.63, 3.8) is 0 Å². The SMILES string of the molecule is Cc1cc(Cl)ccc1OCC(=O)N/N=C/c1sccc1C. The maximum atomic E-state index is 11.6. The van der Waals surface area contributed by atoms with E-state index in [4.69, 9.17) is 16.3 Å². The topological polar surface area (TPSA) is 50.7 Å². The van der Waals surface area contributed by atoms with Gasteiger partial charge < -0.3 is 4.74 Å². The molecule has 0 fully saturated rings. The molecule has 4 nitrogen and oxygen atoms in total. The molecule has 1 amide bonds. The van der Waals surface area contributed by atoms with Crippen LogP contribution in [0.15, 0.2) is 34.7 Å². The van der Waals surface area contributed by atoms with E-state index in [-0.39, 0.29) is 12.5 Å². The first kappa shape index (κ1) is 15.5. The molecule has 0 aliphatic rings. The lowest BCUT2D eigenvalue weighted by molar-refractivity contribution is -0.123. The standard InChI is InChI=1S/C15H15ClN2O2S/c1-10-5-6-21-14(10)8-17-18-15(19)9-20-13-4-3-12(16)7-11(13)2/h3-8H,9H2,1-2H3,(H,18,19)/b17-8+. The third-order valence-electron chi connectivity index (χ3n) is 2.77. The van der Waals surface area contributed by atoms with Crippen LogP contribution in [0, 0.1) is 13.8 Å². The Hall–Kier alpha value is -1.85. The monoisotopic (exact) mass is 322 g/mol. The van der Waals surface area contributed by atoms with Crippen LogP contribution in [0.3, 0.4) is 0 Å². The van der Waals surface area contributed by atoms with Crippen molar-refractivity contribution in [1.82, 2.24) is 5.43 Å². The van der Waals surface area contributed by atoms with Crippen LogP contribution in [0.4, 0.5) is 0 Å². The van der Waals surface area contributed by atoms with E-state index >= 15 is 0 Å². The summed E-state index contributed by atoms with van der Waals surface area (Å²) in [5, 5.41) is 6.52. The molecule has 0 aliphatic carbocycles. The first-order valence-electron chi connectivity index (χ1n) is 6.31. The Balaban J connectivity index is 1.82. The third-order valence-corrected chi connectivity index (χ3v) is 3.96. The number of hydrogen-bond acceptors (Lipinski definition) is 4. The number of hydrazone groups is 1. The summed E-state index contributed by atoms with van der Waals surface area (Å²) in [6, 6.07) is 7.25. The Kier molecular flexibility index (Phi) is 5.36. The largest absolute Gasteiger partial charge is 0.483 e. The van der Waals surface area contributed by atoms with Crippen molar-refractivity contribution in [2.75, 3.05) is 6.61 Å². The first-order chi connectivity index (χ1) is 10.1. The zero-order valence-electron chi connectivity index (χ0n) is 11.7. The summed E-state index contributed by atoms with van der Waals surface area (Å²) in [5.41, 5.74) is 4.45. The number of aryl methyl sites for hydroxylation is 2. The van der Waals surface area contributed by atoms with Crippen LogP contribution in [-0.2, 0) is 4.79 Å². The number of carbonyl (C=O) groups excluding carboxylic acids is 1. The molecule has 21 heavy (non-hydrogen) atoms. The lowest BCUT2D eigenvalue weighted by Crippen LogP contribution is -2.24. The van der Waals surface area contributed by atoms with Crippen LogP contribution < -0.4 is 10.2 Å². The van der Waals surface area contributed by atoms with Gasteiger partial charge in [-0.25, -0.2) is 5.43 Å². The molecule has 0 aliphatic heterocycles. The lowest BCUT2D eigenvalue weighted by Gasteiger charge is -2.08. The molecule has 1 heterocycles. The minimum Gasteiger partial charge on any atom is -0.483 e. The fraction of sp³-hybridized carbons (Fsp3) is 0.200. The van der Waals surface area contributed by atoms with E-state index in [0.717, 1.165) is 16.0 Å². The molecule has 0 unspecified atom stereocenters. The Morgan fingerprint density at radius 2 is 2.19 bits per heavy atom. The van der Waals surface area contributed by atoms with Gasteiger partial charge in [0, 0.05) is 9.90 Å². The first-order valence-corrected chi connectivity index (χ1v) is 7.57. The van der Waals surface area contributed by atoms with E-state index in [1.54, 1.807) is 35.8 Å². The summed E-state index contributed by atoms with van der Waals surface area (Å²) >= 11 is 7.43. The average Bonchev–Trinajstić information content (AvgIpc) is 2.83. The number of rotatable bonds is 5. The number of nitrogens with one attached hydrogen (secondary N) is 1. The van der Waals surface area contributed by atoms with Crippen molar-refractivity contribution in [2.24, 2.45) is 5.10 Å². The lowest BCUT2D eigenvalue weighted by atomic mass is 10.2. The fourth-order valence-corrected chi connectivity index (χ4v) is 2.64. The summed E-state index contributed by atoms with van der Waals surface area (Å²) in [6.45, 7) is 3.77. The van der Waals surface area contributed by atoms with E-state index in [0.29, 0.717) is 10.8 Å². The smallest absolute Gasteiger partial charge is 0.277 e. The van der Waals surface area contributed by atoms with Gasteiger partial charge in [0.05, 0.1) is 6.21 Å². The molecule has 0 atom stereocenters. The number of thiophene rings is 1. The maximum absolute atomic E-state index is 11.6. The van der Waals surface area contributed by atoms with Gasteiger partial charge in [0.25, 0.3) is 5.91 Å². The number of carbonyl (C=O) groups is 1. The normalized spacial score (nSPS) is 10.8. The minimum atomic E-state index is -0.310. The number of amides is 1. The van der Waals surface area contributed by atoms with E-state index < -0.39 is 0 Å². The van der Waals surface area contributed by atoms with Gasteiger partial charge in [0.2, 0.25) is 0 Å². The van der Waals surface area contributed by atoms with Gasteiger partial charge in [-0.1, -0.05) is 11.6 Å². The molecule has 110 valence electrons. The highest BCUT2D eigenvalue weighted by Crippen LogP contribution is 2.21. The highest BCUT2D eigenvalue weighted by molar-refractivity contribution is 7.11. The molecule has 0 radical (unpaired) electrons. The molecule has 2 aromatic rings. The fourth-order valence-electron chi connectivity index (χ4n) is 1.63. The predicted molar refractivity (Wildman–Crippen MR) is 86.5 cm³/mol. The van der Waals surface area contributed by atoms with Crippen molar-refractivity contribution in [3.8, 4) is 5.75 Å². The molecule has 2 rings (SSSR count). The quantitative estimate of drug-likeness (QED) is 0.676. The van der Waals surface area contributed by atoms with Crippen molar-refractivity contribution >= 4 is 35.1 Å². The number of ether oxygens (including phenoxy) is 1. The molecule has 0 spiro atoms. The van der Waals surface area contributed by atoms with Gasteiger partial charge in [-0.15, -0.1) is 11.3 Å². The molecular weight excluding hydrogens is 308 g/mol. The minimum absolute atomic E-state index is 0.0940. The van der Waals surface area contributed by atoms with Crippen LogP contribution in [0.25, 0.3) is 0 Å². The van der Waals surface area contributed by atoms with Gasteiger partial charge in [0.1, 0.15) is 5.75 Å². The van der Waals surface area contributed by atoms with E-state index in [2.05, 4.69) is 10.5 Å². The molecular formula is C15H15ClN2O2S. The Morgan fingerprint density at radius 1 is 1.38 bits per heavy atom. The Labute approximate surface area is 132 Å². The molecule has 0 saturated carbocycles. The van der Waals surface area contributed by atoms with Crippen molar-refractivity contribution < 1.29 is 9.53 Å². The van der Waals surface area contributed by atoms with Gasteiger partial charge in [-0.05, 0) is 54.6 Å². The van der Waals surface area contributed by atoms with Gasteiger partial charge in [0.15, 0.2) is 6.61 Å². The molecule has 6 heteroatoms. The zero-order chi connectivity index (χ0) is 15.2. The molecule has 1 aromatic carbocycles. The van der Waals surface area contributed by atoms with Gasteiger partial charge in [-0.2, -0.15) is 5.10 Å². The van der Waals surface area contributed by atoms with Crippen molar-refractivity contribution in [2.45, 2.75) is 13.8 Å². The van der Waals surface area contributed by atoms with Gasteiger partial charge in [-0.3, -0.25) is 4.79 Å². The highest BCUT2D eigenvalue weighted by Gasteiger charge is 2.04. The molecule has 1 aromatic heterocycles. The second-order valence-corrected chi connectivity index (χ2v) is 5.84. The van der Waals surface area contributed by atoms with E-state index in [1.165, 1.54) is 0 Å². The van der Waals surface area contributed by atoms with E-state index in [9.17, 15) is 4.79 Å². The summed E-state index contributed by atoms with van der Waals surface area (Å²) < 4.78 is 5.42. The Morgan fingerprint density at radius 3 is 2.86 bits per heavy atom. The highest BCUT2D eigenvalue weighted by atomic mass is 35.5. The second kappa shape index (κ2) is 7.24. The van der Waals surface area contributed by atoms with E-state index in [1.807, 2.05) is 25.3 Å². The number of halogens is 1. The summed E-state index contributed by atoms with van der Waals surface area (Å²) in [5.74, 6) is 0.322. The van der Waals surface area contributed by atoms with Crippen LogP contribution in [-0.4, -0.2) is 18.7 Å². The molecule has 1 N–H and O–H groups in total. The summed E-state index contributed by atoms with van der Waals surface area (Å²) in [4.78, 5) is 12.7. The van der Waals surface area contributed by atoms with Crippen LogP contribution in [0.1, 0.15) is 16.0 Å². The van der Waals surface area contributed by atoms with Gasteiger partial charge >= 0.3 is 0 Å². The summed E-state index contributed by atoms with van der Waals surface area (Å²) in [7, 11) is 0. The zero-order valence-corrected chi connectivity index (χ0v) is 13.3. The number of benzene rings is 1. The number of hydrogen-bond donors (Lipinski definition) is 1. The van der Waals surface area contributed by atoms with Crippen LogP contribution >= 0.6 is 22.9 Å². The van der Waals surface area contributed by atoms with Crippen LogP contribution in [0.2, 0.25) is 5.02 Å². The van der Waals surface area contributed by atoms with Crippen molar-refractivity contribution in [3.05, 3.63) is 50.7 Å². The Bertz CT molecular complexity index is 667. The molecule has 0 bridgehead atoms. The third kappa shape index (κ3) is 4.58. The molecule has 0 saturated heterocycles. The summed E-state index contributed by atoms with van der Waals surface area (Å²) in [6.07, 6.45) is 1.63.